The maximum Gasteiger partial charge on any atom is 0.227 e. The predicted molar refractivity (Wildman–Crippen MR) is 95.6 cm³/mol. The SMILES string of the molecule is O=C(Nc1ccccc1)C1CCN(CC(O)c2ccc(F)cc2)CC1. The molecular weight excluding hydrogens is 319 g/mol. The summed E-state index contributed by atoms with van der Waals surface area (Å²) >= 11 is 0. The highest BCUT2D eigenvalue weighted by Gasteiger charge is 2.26. The number of amides is 1. The summed E-state index contributed by atoms with van der Waals surface area (Å²) in [5.74, 6) is -0.245. The quantitative estimate of drug-likeness (QED) is 0.877. The molecule has 2 aromatic carbocycles. The van der Waals surface area contributed by atoms with Gasteiger partial charge in [0, 0.05) is 18.2 Å². The number of halogens is 1. The monoisotopic (exact) mass is 342 g/mol. The van der Waals surface area contributed by atoms with E-state index in [4.69, 9.17) is 0 Å². The number of nitrogens with one attached hydrogen (secondary N) is 1. The smallest absolute Gasteiger partial charge is 0.227 e. The van der Waals surface area contributed by atoms with Crippen LogP contribution in [0.5, 0.6) is 0 Å². The molecule has 2 aromatic rings. The van der Waals surface area contributed by atoms with Crippen molar-refractivity contribution in [3.05, 3.63) is 66.0 Å². The van der Waals surface area contributed by atoms with Gasteiger partial charge in [0.2, 0.25) is 5.91 Å². The van der Waals surface area contributed by atoms with Gasteiger partial charge in [-0.15, -0.1) is 0 Å². The van der Waals surface area contributed by atoms with E-state index in [-0.39, 0.29) is 17.6 Å². The highest BCUT2D eigenvalue weighted by atomic mass is 19.1. The molecule has 0 saturated carbocycles. The van der Waals surface area contributed by atoms with Crippen LogP contribution in [0, 0.1) is 11.7 Å². The molecule has 4 nitrogen and oxygen atoms in total. The summed E-state index contributed by atoms with van der Waals surface area (Å²) < 4.78 is 13.0. The third-order valence-electron chi connectivity index (χ3n) is 4.69. The molecule has 1 aliphatic heterocycles. The van der Waals surface area contributed by atoms with E-state index in [2.05, 4.69) is 10.2 Å². The molecule has 1 aliphatic rings. The van der Waals surface area contributed by atoms with Crippen molar-refractivity contribution in [1.82, 2.24) is 4.90 Å². The summed E-state index contributed by atoms with van der Waals surface area (Å²) in [6, 6.07) is 15.4. The first-order valence-corrected chi connectivity index (χ1v) is 8.63. The lowest BCUT2D eigenvalue weighted by atomic mass is 9.95. The van der Waals surface area contributed by atoms with Crippen LogP contribution < -0.4 is 5.32 Å². The van der Waals surface area contributed by atoms with Gasteiger partial charge in [0.25, 0.3) is 0 Å². The number of piperidine rings is 1. The van der Waals surface area contributed by atoms with E-state index in [9.17, 15) is 14.3 Å². The molecule has 1 atom stereocenters. The second-order valence-corrected chi connectivity index (χ2v) is 6.50. The van der Waals surface area contributed by atoms with Gasteiger partial charge < -0.3 is 15.3 Å². The number of carbonyl (C=O) groups excluding carboxylic acids is 1. The maximum absolute atomic E-state index is 13.0. The van der Waals surface area contributed by atoms with Crippen LogP contribution in [0.4, 0.5) is 10.1 Å². The van der Waals surface area contributed by atoms with E-state index >= 15 is 0 Å². The van der Waals surface area contributed by atoms with Gasteiger partial charge in [-0.05, 0) is 55.8 Å². The van der Waals surface area contributed by atoms with Crippen molar-refractivity contribution in [2.24, 2.45) is 5.92 Å². The molecule has 1 unspecified atom stereocenters. The van der Waals surface area contributed by atoms with Gasteiger partial charge in [-0.2, -0.15) is 0 Å². The standard InChI is InChI=1S/C20H23FN2O2/c21-17-8-6-15(7-9-17)19(24)14-23-12-10-16(11-13-23)20(25)22-18-4-2-1-3-5-18/h1-9,16,19,24H,10-14H2,(H,22,25). The molecule has 0 radical (unpaired) electrons. The summed E-state index contributed by atoms with van der Waals surface area (Å²) in [7, 11) is 0. The van der Waals surface area contributed by atoms with Gasteiger partial charge in [-0.3, -0.25) is 4.79 Å². The number of aliphatic hydroxyl groups excluding tert-OH is 1. The molecule has 0 spiro atoms. The van der Waals surface area contributed by atoms with Crippen LogP contribution in [-0.2, 0) is 4.79 Å². The molecule has 25 heavy (non-hydrogen) atoms. The average Bonchev–Trinajstić information content (AvgIpc) is 2.63. The molecule has 3 rings (SSSR count). The van der Waals surface area contributed by atoms with Crippen LogP contribution in [-0.4, -0.2) is 35.5 Å². The Morgan fingerprint density at radius 2 is 1.76 bits per heavy atom. The highest BCUT2D eigenvalue weighted by molar-refractivity contribution is 5.92. The minimum absolute atomic E-state index is 0.000537. The van der Waals surface area contributed by atoms with Gasteiger partial charge >= 0.3 is 0 Å². The highest BCUT2D eigenvalue weighted by Crippen LogP contribution is 2.22. The molecular formula is C20H23FN2O2. The summed E-state index contributed by atoms with van der Waals surface area (Å²) in [6.45, 7) is 2.04. The van der Waals surface area contributed by atoms with Crippen LogP contribution in [0.15, 0.2) is 54.6 Å². The van der Waals surface area contributed by atoms with E-state index in [1.165, 1.54) is 12.1 Å². The molecule has 1 fully saturated rings. The zero-order valence-electron chi connectivity index (χ0n) is 14.1. The number of anilines is 1. The topological polar surface area (TPSA) is 52.6 Å². The summed E-state index contributed by atoms with van der Waals surface area (Å²) in [5.41, 5.74) is 1.53. The van der Waals surface area contributed by atoms with Crippen molar-refractivity contribution in [2.45, 2.75) is 18.9 Å². The van der Waals surface area contributed by atoms with Gasteiger partial charge in [-0.25, -0.2) is 4.39 Å². The number of hydrogen-bond donors (Lipinski definition) is 2. The van der Waals surface area contributed by atoms with E-state index in [0.717, 1.165) is 31.6 Å². The first-order valence-electron chi connectivity index (χ1n) is 8.63. The molecule has 1 amide bonds. The van der Waals surface area contributed by atoms with Gasteiger partial charge in [-0.1, -0.05) is 30.3 Å². The molecule has 5 heteroatoms. The van der Waals surface area contributed by atoms with Crippen molar-refractivity contribution in [3.8, 4) is 0 Å². The molecule has 1 saturated heterocycles. The lowest BCUT2D eigenvalue weighted by Crippen LogP contribution is -2.40. The van der Waals surface area contributed by atoms with Crippen molar-refractivity contribution in [3.63, 3.8) is 0 Å². The van der Waals surface area contributed by atoms with Gasteiger partial charge in [0.15, 0.2) is 0 Å². The van der Waals surface area contributed by atoms with Gasteiger partial charge in [0.1, 0.15) is 5.82 Å². The normalized spacial score (nSPS) is 17.2. The Labute approximate surface area is 147 Å². The fourth-order valence-corrected chi connectivity index (χ4v) is 3.18. The van der Waals surface area contributed by atoms with Crippen molar-refractivity contribution in [2.75, 3.05) is 25.0 Å². The number of carbonyl (C=O) groups is 1. The lowest BCUT2D eigenvalue weighted by molar-refractivity contribution is -0.121. The van der Waals surface area contributed by atoms with Gasteiger partial charge in [0.05, 0.1) is 6.10 Å². The third kappa shape index (κ3) is 4.87. The van der Waals surface area contributed by atoms with E-state index in [1.54, 1.807) is 12.1 Å². The first kappa shape index (κ1) is 17.6. The first-order chi connectivity index (χ1) is 12.1. The van der Waals surface area contributed by atoms with Crippen LogP contribution in [0.1, 0.15) is 24.5 Å². The van der Waals surface area contributed by atoms with Crippen LogP contribution in [0.3, 0.4) is 0 Å². The Hall–Kier alpha value is -2.24. The number of para-hydroxylation sites is 1. The van der Waals surface area contributed by atoms with Crippen LogP contribution >= 0.6 is 0 Å². The molecule has 1 heterocycles. The predicted octanol–water partition coefficient (Wildman–Crippen LogP) is 3.21. The number of nitrogens with zero attached hydrogens (tertiary/aromatic N) is 1. The number of benzene rings is 2. The Morgan fingerprint density at radius 1 is 1.12 bits per heavy atom. The molecule has 0 bridgehead atoms. The zero-order valence-corrected chi connectivity index (χ0v) is 14.1. The Balaban J connectivity index is 1.46. The minimum atomic E-state index is -0.643. The third-order valence-corrected chi connectivity index (χ3v) is 4.69. The number of aliphatic hydroxyl groups is 1. The fraction of sp³-hybridized carbons (Fsp3) is 0.350. The number of likely N-dealkylation sites (tertiary alicyclic amines) is 1. The zero-order chi connectivity index (χ0) is 17.6. The minimum Gasteiger partial charge on any atom is -0.387 e. The largest absolute Gasteiger partial charge is 0.387 e. The van der Waals surface area contributed by atoms with Crippen LogP contribution in [0.2, 0.25) is 0 Å². The Kier molecular flexibility index (Phi) is 5.79. The van der Waals surface area contributed by atoms with Crippen LogP contribution in [0.25, 0.3) is 0 Å². The van der Waals surface area contributed by atoms with E-state index < -0.39 is 6.10 Å². The summed E-state index contributed by atoms with van der Waals surface area (Å²) in [6.07, 6.45) is 0.902. The fourth-order valence-electron chi connectivity index (χ4n) is 3.18. The molecule has 2 N–H and O–H groups in total. The second-order valence-electron chi connectivity index (χ2n) is 6.50. The Morgan fingerprint density at radius 3 is 2.40 bits per heavy atom. The van der Waals surface area contributed by atoms with E-state index in [1.807, 2.05) is 30.3 Å². The molecule has 0 aromatic heterocycles. The number of β-amino-alcohol motifs (C(OH)–C–C–N with tert-alkyl or cyclic N) is 1. The van der Waals surface area contributed by atoms with Crippen molar-refractivity contribution >= 4 is 11.6 Å². The van der Waals surface area contributed by atoms with Crippen molar-refractivity contribution < 1.29 is 14.3 Å². The number of rotatable bonds is 5. The maximum atomic E-state index is 13.0. The summed E-state index contributed by atoms with van der Waals surface area (Å²) in [4.78, 5) is 14.5. The molecule has 132 valence electrons. The average molecular weight is 342 g/mol. The molecule has 0 aliphatic carbocycles. The van der Waals surface area contributed by atoms with Crippen molar-refractivity contribution in [1.29, 1.82) is 0 Å². The number of hydrogen-bond acceptors (Lipinski definition) is 3. The second kappa shape index (κ2) is 8.23. The van der Waals surface area contributed by atoms with E-state index in [0.29, 0.717) is 12.1 Å². The summed E-state index contributed by atoms with van der Waals surface area (Å²) in [5, 5.41) is 13.2. The Bertz CT molecular complexity index is 683. The lowest BCUT2D eigenvalue weighted by Gasteiger charge is -2.32.